The molecule has 8 heteroatoms. The lowest BCUT2D eigenvalue weighted by molar-refractivity contribution is -0.0512. The van der Waals surface area contributed by atoms with Gasteiger partial charge >= 0.3 is 6.61 Å². The van der Waals surface area contributed by atoms with Crippen LogP contribution in [0.3, 0.4) is 0 Å². The first-order valence-corrected chi connectivity index (χ1v) is 7.59. The number of benzene rings is 2. The highest BCUT2D eigenvalue weighted by Gasteiger charge is 2.14. The average Bonchev–Trinajstić information content (AvgIpc) is 3.17. The molecule has 0 fully saturated rings. The fourth-order valence-electron chi connectivity index (χ4n) is 2.33. The molecule has 26 heavy (non-hydrogen) atoms. The second-order valence-electron chi connectivity index (χ2n) is 5.22. The van der Waals surface area contributed by atoms with E-state index in [9.17, 15) is 13.6 Å². The predicted molar refractivity (Wildman–Crippen MR) is 91.1 cm³/mol. The van der Waals surface area contributed by atoms with Crippen LogP contribution in [-0.2, 0) is 0 Å². The Morgan fingerprint density at radius 1 is 1.15 bits per heavy atom. The third-order valence-electron chi connectivity index (χ3n) is 3.57. The summed E-state index contributed by atoms with van der Waals surface area (Å²) in [5.41, 5.74) is 1.74. The minimum Gasteiger partial charge on any atom is -0.493 e. The van der Waals surface area contributed by atoms with Crippen molar-refractivity contribution in [3.8, 4) is 17.2 Å². The van der Waals surface area contributed by atoms with Crippen molar-refractivity contribution in [2.24, 2.45) is 0 Å². The molecular weight excluding hydrogens is 344 g/mol. The number of anilines is 1. The van der Waals surface area contributed by atoms with Crippen molar-refractivity contribution in [1.29, 1.82) is 0 Å². The lowest BCUT2D eigenvalue weighted by Gasteiger charge is -2.12. The zero-order valence-corrected chi connectivity index (χ0v) is 13.7. The Hall–Kier alpha value is -3.42. The molecule has 1 aromatic heterocycles. The lowest BCUT2D eigenvalue weighted by atomic mass is 10.1. The zero-order chi connectivity index (χ0) is 18.5. The van der Waals surface area contributed by atoms with Gasteiger partial charge in [-0.25, -0.2) is 4.98 Å². The van der Waals surface area contributed by atoms with Crippen molar-refractivity contribution < 1.29 is 23.0 Å². The van der Waals surface area contributed by atoms with Gasteiger partial charge < -0.3 is 19.4 Å². The van der Waals surface area contributed by atoms with Crippen LogP contribution in [0.4, 0.5) is 14.5 Å². The molecule has 2 aromatic carbocycles. The highest BCUT2D eigenvalue weighted by Crippen LogP contribution is 2.29. The van der Waals surface area contributed by atoms with Gasteiger partial charge in [0.1, 0.15) is 0 Å². The van der Waals surface area contributed by atoms with Crippen LogP contribution >= 0.6 is 0 Å². The highest BCUT2D eigenvalue weighted by atomic mass is 19.3. The fraction of sp³-hybridized carbons (Fsp3) is 0.111. The Morgan fingerprint density at radius 2 is 1.92 bits per heavy atom. The van der Waals surface area contributed by atoms with E-state index in [0.717, 1.165) is 5.69 Å². The van der Waals surface area contributed by atoms with Crippen molar-refractivity contribution in [3.05, 3.63) is 66.7 Å². The molecule has 0 spiro atoms. The number of alkyl halides is 2. The summed E-state index contributed by atoms with van der Waals surface area (Å²) in [4.78, 5) is 16.3. The number of carbonyl (C=O) groups is 1. The Balaban J connectivity index is 1.73. The topological polar surface area (TPSA) is 65.4 Å². The molecule has 0 unspecified atom stereocenters. The summed E-state index contributed by atoms with van der Waals surface area (Å²) in [6.45, 7) is -2.97. The van der Waals surface area contributed by atoms with E-state index in [1.165, 1.54) is 25.3 Å². The second kappa shape index (κ2) is 7.64. The summed E-state index contributed by atoms with van der Waals surface area (Å²) in [7, 11) is 1.31. The van der Waals surface area contributed by atoms with E-state index < -0.39 is 12.5 Å². The molecule has 0 bridgehead atoms. The number of halogens is 2. The largest absolute Gasteiger partial charge is 0.493 e. The van der Waals surface area contributed by atoms with E-state index in [4.69, 9.17) is 4.74 Å². The molecule has 0 aliphatic rings. The number of hydrogen-bond acceptors (Lipinski definition) is 4. The molecule has 0 atom stereocenters. The van der Waals surface area contributed by atoms with Crippen molar-refractivity contribution in [1.82, 2.24) is 9.55 Å². The third-order valence-corrected chi connectivity index (χ3v) is 3.57. The van der Waals surface area contributed by atoms with Crippen LogP contribution in [-0.4, -0.2) is 29.2 Å². The number of ether oxygens (including phenoxy) is 2. The van der Waals surface area contributed by atoms with Gasteiger partial charge in [0.25, 0.3) is 5.91 Å². The Labute approximate surface area is 148 Å². The predicted octanol–water partition coefficient (Wildman–Crippen LogP) is 3.73. The van der Waals surface area contributed by atoms with E-state index in [-0.39, 0.29) is 17.1 Å². The number of aromatic nitrogens is 2. The van der Waals surface area contributed by atoms with E-state index in [1.54, 1.807) is 24.7 Å². The molecule has 1 N–H and O–H groups in total. The number of nitrogens with zero attached hydrogens (tertiary/aromatic N) is 2. The van der Waals surface area contributed by atoms with Gasteiger partial charge in [0.2, 0.25) is 0 Å². The zero-order valence-electron chi connectivity index (χ0n) is 13.7. The summed E-state index contributed by atoms with van der Waals surface area (Å²) < 4.78 is 35.9. The van der Waals surface area contributed by atoms with E-state index in [2.05, 4.69) is 15.0 Å². The standard InChI is InChI=1S/C18H15F2N3O3/c1-25-16-10-12(2-7-15(16)26-18(19)20)17(24)22-13-3-5-14(6-4-13)23-9-8-21-11-23/h2-11,18H,1H3,(H,22,24). The van der Waals surface area contributed by atoms with E-state index in [1.807, 2.05) is 22.9 Å². The maximum Gasteiger partial charge on any atom is 0.387 e. The fourth-order valence-corrected chi connectivity index (χ4v) is 2.33. The molecule has 0 radical (unpaired) electrons. The minimum atomic E-state index is -2.97. The summed E-state index contributed by atoms with van der Waals surface area (Å²) >= 11 is 0. The number of imidazole rings is 1. The Bertz CT molecular complexity index is 881. The average molecular weight is 359 g/mol. The first kappa shape index (κ1) is 17.4. The minimum absolute atomic E-state index is 0.0494. The molecule has 3 rings (SSSR count). The van der Waals surface area contributed by atoms with Crippen LogP contribution in [0.1, 0.15) is 10.4 Å². The number of nitrogens with one attached hydrogen (secondary N) is 1. The summed E-state index contributed by atoms with van der Waals surface area (Å²) in [5.74, 6) is -0.487. The Morgan fingerprint density at radius 3 is 2.54 bits per heavy atom. The quantitative estimate of drug-likeness (QED) is 0.728. The van der Waals surface area contributed by atoms with Crippen molar-refractivity contribution in [2.45, 2.75) is 6.61 Å². The molecule has 0 saturated carbocycles. The highest BCUT2D eigenvalue weighted by molar-refractivity contribution is 6.04. The number of methoxy groups -OCH3 is 1. The molecule has 0 aliphatic carbocycles. The van der Waals surface area contributed by atoms with E-state index in [0.29, 0.717) is 5.69 Å². The van der Waals surface area contributed by atoms with Gasteiger partial charge in [-0.05, 0) is 42.5 Å². The normalized spacial score (nSPS) is 10.6. The van der Waals surface area contributed by atoms with Crippen LogP contribution in [0.5, 0.6) is 11.5 Å². The third kappa shape index (κ3) is 3.97. The van der Waals surface area contributed by atoms with Gasteiger partial charge in [-0.3, -0.25) is 4.79 Å². The number of amides is 1. The molecule has 1 amide bonds. The van der Waals surface area contributed by atoms with Gasteiger partial charge in [0.05, 0.1) is 13.4 Å². The van der Waals surface area contributed by atoms with Gasteiger partial charge in [-0.1, -0.05) is 0 Å². The van der Waals surface area contributed by atoms with Crippen LogP contribution in [0.2, 0.25) is 0 Å². The molecule has 0 aliphatic heterocycles. The SMILES string of the molecule is COc1cc(C(=O)Nc2ccc(-n3ccnc3)cc2)ccc1OC(F)F. The number of hydrogen-bond donors (Lipinski definition) is 1. The van der Waals surface area contributed by atoms with Crippen LogP contribution in [0.15, 0.2) is 61.2 Å². The first-order valence-electron chi connectivity index (χ1n) is 7.59. The maximum absolute atomic E-state index is 12.4. The molecule has 6 nitrogen and oxygen atoms in total. The van der Waals surface area contributed by atoms with Gasteiger partial charge in [0, 0.05) is 29.3 Å². The van der Waals surface area contributed by atoms with E-state index >= 15 is 0 Å². The molecular formula is C18H15F2N3O3. The monoisotopic (exact) mass is 359 g/mol. The number of carbonyl (C=O) groups excluding carboxylic acids is 1. The van der Waals surface area contributed by atoms with Gasteiger partial charge in [-0.15, -0.1) is 0 Å². The van der Waals surface area contributed by atoms with Crippen LogP contribution in [0.25, 0.3) is 5.69 Å². The van der Waals surface area contributed by atoms with Gasteiger partial charge in [-0.2, -0.15) is 8.78 Å². The maximum atomic E-state index is 12.4. The van der Waals surface area contributed by atoms with Crippen LogP contribution in [0, 0.1) is 0 Å². The molecule has 134 valence electrons. The first-order chi connectivity index (χ1) is 12.6. The van der Waals surface area contributed by atoms with Crippen LogP contribution < -0.4 is 14.8 Å². The van der Waals surface area contributed by atoms with Crippen molar-refractivity contribution >= 4 is 11.6 Å². The Kier molecular flexibility index (Phi) is 5.12. The molecule has 0 saturated heterocycles. The summed E-state index contributed by atoms with van der Waals surface area (Å²) in [6.07, 6.45) is 5.15. The van der Waals surface area contributed by atoms with Gasteiger partial charge in [0.15, 0.2) is 11.5 Å². The second-order valence-corrected chi connectivity index (χ2v) is 5.22. The number of rotatable bonds is 6. The molecule has 3 aromatic rings. The summed E-state index contributed by atoms with van der Waals surface area (Å²) in [6, 6.07) is 11.1. The summed E-state index contributed by atoms with van der Waals surface area (Å²) in [5, 5.41) is 2.73. The van der Waals surface area contributed by atoms with Crippen molar-refractivity contribution in [3.63, 3.8) is 0 Å². The van der Waals surface area contributed by atoms with Crippen molar-refractivity contribution in [2.75, 3.05) is 12.4 Å². The smallest absolute Gasteiger partial charge is 0.387 e. The molecule has 1 heterocycles. The lowest BCUT2D eigenvalue weighted by Crippen LogP contribution is -2.12.